The van der Waals surface area contributed by atoms with Gasteiger partial charge in [0.25, 0.3) is 0 Å². The van der Waals surface area contributed by atoms with Crippen molar-refractivity contribution in [2.75, 3.05) is 0 Å². The van der Waals surface area contributed by atoms with E-state index in [0.717, 1.165) is 34.0 Å². The van der Waals surface area contributed by atoms with E-state index in [2.05, 4.69) is 79.6 Å². The number of carboxylic acid groups (broad SMARTS) is 1. The van der Waals surface area contributed by atoms with E-state index >= 15 is 0 Å². The molecule has 2 nitrogen and oxygen atoms in total. The fourth-order valence-corrected chi connectivity index (χ4v) is 4.26. The van der Waals surface area contributed by atoms with Crippen molar-refractivity contribution >= 4 is 91.7 Å². The van der Waals surface area contributed by atoms with Crippen LogP contribution in [0.1, 0.15) is 5.56 Å². The standard InChI is InChI=1S/C9H3Br5O2/c10-5-3(1-2-4(15)16)6(11)8(13)9(14)7(5)12/h1-2H,(H,15,16)/b2-1+. The summed E-state index contributed by atoms with van der Waals surface area (Å²) in [6, 6.07) is 0. The molecule has 0 aliphatic carbocycles. The number of hydrogen-bond acceptors (Lipinski definition) is 1. The lowest BCUT2D eigenvalue weighted by Gasteiger charge is -2.10. The Bertz CT molecular complexity index is 452. The number of hydrogen-bond donors (Lipinski definition) is 1. The smallest absolute Gasteiger partial charge is 0.328 e. The molecule has 0 radical (unpaired) electrons. The van der Waals surface area contributed by atoms with Crippen LogP contribution in [0.25, 0.3) is 6.08 Å². The van der Waals surface area contributed by atoms with E-state index in [4.69, 9.17) is 5.11 Å². The average Bonchev–Trinajstić information content (AvgIpc) is 2.23. The van der Waals surface area contributed by atoms with Gasteiger partial charge in [0.1, 0.15) is 0 Å². The SMILES string of the molecule is O=C(O)/C=C/c1c(Br)c(Br)c(Br)c(Br)c1Br. The number of halogens is 5. The number of benzene rings is 1. The fraction of sp³-hybridized carbons (Fsp3) is 0. The van der Waals surface area contributed by atoms with E-state index in [1.807, 2.05) is 0 Å². The molecule has 0 aromatic heterocycles. The summed E-state index contributed by atoms with van der Waals surface area (Å²) in [5.41, 5.74) is 0.740. The van der Waals surface area contributed by atoms with Gasteiger partial charge in [-0.05, 0) is 85.7 Å². The highest BCUT2D eigenvalue weighted by molar-refractivity contribution is 9.15. The lowest BCUT2D eigenvalue weighted by atomic mass is 10.2. The molecular formula is C9H3Br5O2. The topological polar surface area (TPSA) is 37.3 Å². The van der Waals surface area contributed by atoms with E-state index in [0.29, 0.717) is 0 Å². The first-order chi connectivity index (χ1) is 7.36. The Labute approximate surface area is 134 Å². The van der Waals surface area contributed by atoms with E-state index in [9.17, 15) is 4.79 Å². The largest absolute Gasteiger partial charge is 0.478 e. The third kappa shape index (κ3) is 3.19. The van der Waals surface area contributed by atoms with Crippen LogP contribution in [-0.4, -0.2) is 11.1 Å². The second-order valence-electron chi connectivity index (χ2n) is 2.66. The molecule has 0 amide bonds. The van der Waals surface area contributed by atoms with Crippen LogP contribution in [0.15, 0.2) is 28.4 Å². The van der Waals surface area contributed by atoms with Crippen molar-refractivity contribution in [3.63, 3.8) is 0 Å². The molecule has 1 aromatic rings. The van der Waals surface area contributed by atoms with Crippen molar-refractivity contribution in [1.82, 2.24) is 0 Å². The first kappa shape index (κ1) is 14.9. The quantitative estimate of drug-likeness (QED) is 0.300. The molecule has 0 aliphatic heterocycles. The van der Waals surface area contributed by atoms with Crippen molar-refractivity contribution in [3.05, 3.63) is 34.0 Å². The molecular weight excluding hydrogens is 540 g/mol. The van der Waals surface area contributed by atoms with Crippen LogP contribution in [0, 0.1) is 0 Å². The Kier molecular flexibility index (Phi) is 5.71. The Hall–Kier alpha value is 0.830. The lowest BCUT2D eigenvalue weighted by molar-refractivity contribution is -0.131. The fourth-order valence-electron chi connectivity index (χ4n) is 0.923. The summed E-state index contributed by atoms with van der Waals surface area (Å²) in [5, 5.41) is 8.60. The van der Waals surface area contributed by atoms with Gasteiger partial charge in [-0.3, -0.25) is 0 Å². The van der Waals surface area contributed by atoms with Crippen LogP contribution < -0.4 is 0 Å². The van der Waals surface area contributed by atoms with E-state index in [1.165, 1.54) is 6.08 Å². The van der Waals surface area contributed by atoms with Gasteiger partial charge in [0.2, 0.25) is 0 Å². The highest BCUT2D eigenvalue weighted by Crippen LogP contribution is 2.44. The van der Waals surface area contributed by atoms with Crippen LogP contribution in [0.5, 0.6) is 0 Å². The van der Waals surface area contributed by atoms with Gasteiger partial charge in [0.05, 0.1) is 0 Å². The molecule has 1 aromatic carbocycles. The van der Waals surface area contributed by atoms with Gasteiger partial charge >= 0.3 is 5.97 Å². The summed E-state index contributed by atoms with van der Waals surface area (Å²) in [5.74, 6) is -0.992. The van der Waals surface area contributed by atoms with Crippen molar-refractivity contribution in [3.8, 4) is 0 Å². The minimum atomic E-state index is -0.992. The highest BCUT2D eigenvalue weighted by Gasteiger charge is 2.15. The van der Waals surface area contributed by atoms with Gasteiger partial charge in [0, 0.05) is 34.0 Å². The molecule has 1 rings (SSSR count). The molecule has 16 heavy (non-hydrogen) atoms. The van der Waals surface area contributed by atoms with Crippen LogP contribution in [0.2, 0.25) is 0 Å². The first-order valence-electron chi connectivity index (χ1n) is 3.78. The molecule has 0 unspecified atom stereocenters. The number of rotatable bonds is 2. The summed E-state index contributed by atoms with van der Waals surface area (Å²) < 4.78 is 4.01. The zero-order valence-corrected chi connectivity index (χ0v) is 15.3. The maximum atomic E-state index is 10.5. The minimum absolute atomic E-state index is 0.740. The normalized spacial score (nSPS) is 11.1. The third-order valence-electron chi connectivity index (χ3n) is 1.64. The number of carbonyl (C=O) groups is 1. The van der Waals surface area contributed by atoms with Crippen LogP contribution >= 0.6 is 79.6 Å². The van der Waals surface area contributed by atoms with Gasteiger partial charge in [0.15, 0.2) is 0 Å². The summed E-state index contributed by atoms with van der Waals surface area (Å²) in [6.45, 7) is 0. The molecule has 0 saturated carbocycles. The average molecular weight is 543 g/mol. The van der Waals surface area contributed by atoms with Gasteiger partial charge in [-0.15, -0.1) is 0 Å². The summed E-state index contributed by atoms with van der Waals surface area (Å²) in [6.07, 6.45) is 2.59. The molecule has 7 heteroatoms. The molecule has 0 atom stereocenters. The highest BCUT2D eigenvalue weighted by atomic mass is 79.9. The van der Waals surface area contributed by atoms with Crippen molar-refractivity contribution < 1.29 is 9.90 Å². The van der Waals surface area contributed by atoms with E-state index in [1.54, 1.807) is 0 Å². The molecule has 0 heterocycles. The van der Waals surface area contributed by atoms with E-state index in [-0.39, 0.29) is 0 Å². The zero-order valence-electron chi connectivity index (χ0n) is 7.40. The lowest BCUT2D eigenvalue weighted by Crippen LogP contribution is -1.89. The van der Waals surface area contributed by atoms with Gasteiger partial charge in [-0.1, -0.05) is 0 Å². The minimum Gasteiger partial charge on any atom is -0.478 e. The second-order valence-corrected chi connectivity index (χ2v) is 6.62. The van der Waals surface area contributed by atoms with Crippen molar-refractivity contribution in [2.45, 2.75) is 0 Å². The summed E-state index contributed by atoms with van der Waals surface area (Å²) >= 11 is 17.0. The molecule has 86 valence electrons. The van der Waals surface area contributed by atoms with Crippen LogP contribution in [0.4, 0.5) is 0 Å². The van der Waals surface area contributed by atoms with Gasteiger partial charge < -0.3 is 5.11 Å². The Morgan fingerprint density at radius 2 is 1.25 bits per heavy atom. The van der Waals surface area contributed by atoms with Gasteiger partial charge in [-0.2, -0.15) is 0 Å². The Balaban J connectivity index is 3.45. The van der Waals surface area contributed by atoms with Gasteiger partial charge in [-0.25, -0.2) is 4.79 Å². The Morgan fingerprint density at radius 1 is 0.875 bits per heavy atom. The summed E-state index contributed by atoms with van der Waals surface area (Å²) in [7, 11) is 0. The molecule has 0 spiro atoms. The molecule has 1 N–H and O–H groups in total. The van der Waals surface area contributed by atoms with Crippen LogP contribution in [-0.2, 0) is 4.79 Å². The summed E-state index contributed by atoms with van der Waals surface area (Å²) in [4.78, 5) is 10.5. The molecule has 0 aliphatic rings. The number of carboxylic acids is 1. The monoisotopic (exact) mass is 538 g/mol. The Morgan fingerprint density at radius 3 is 1.62 bits per heavy atom. The van der Waals surface area contributed by atoms with Crippen LogP contribution in [0.3, 0.4) is 0 Å². The molecule has 0 fully saturated rings. The maximum absolute atomic E-state index is 10.5. The predicted octanol–water partition coefficient (Wildman–Crippen LogP) is 5.60. The molecule has 0 bridgehead atoms. The molecule has 0 saturated heterocycles. The third-order valence-corrected chi connectivity index (χ3v) is 7.79. The van der Waals surface area contributed by atoms with Crippen molar-refractivity contribution in [2.24, 2.45) is 0 Å². The van der Waals surface area contributed by atoms with Crippen molar-refractivity contribution in [1.29, 1.82) is 0 Å². The maximum Gasteiger partial charge on any atom is 0.328 e. The zero-order chi connectivity index (χ0) is 12.5. The van der Waals surface area contributed by atoms with E-state index < -0.39 is 5.97 Å². The first-order valence-corrected chi connectivity index (χ1v) is 7.75. The predicted molar refractivity (Wildman–Crippen MR) is 81.6 cm³/mol. The number of aliphatic carboxylic acids is 1. The second kappa shape index (κ2) is 6.13.